The lowest BCUT2D eigenvalue weighted by molar-refractivity contribution is 0.157. The second-order valence-corrected chi connectivity index (χ2v) is 4.38. The van der Waals surface area contributed by atoms with Crippen LogP contribution in [0.1, 0.15) is 83.1 Å². The summed E-state index contributed by atoms with van der Waals surface area (Å²) < 4.78 is 0. The fourth-order valence-electron chi connectivity index (χ4n) is 2.10. The molecule has 0 aromatic heterocycles. The van der Waals surface area contributed by atoms with Gasteiger partial charge in [-0.2, -0.15) is 0 Å². The molecule has 0 N–H and O–H groups in total. The van der Waals surface area contributed by atoms with Crippen LogP contribution in [0, 0.1) is 23.7 Å². The van der Waals surface area contributed by atoms with E-state index in [1.165, 1.54) is 12.8 Å². The van der Waals surface area contributed by atoms with E-state index < -0.39 is 0 Å². The lowest BCUT2D eigenvalue weighted by Crippen LogP contribution is -2.25. The van der Waals surface area contributed by atoms with Gasteiger partial charge in [0.25, 0.3) is 0 Å². The van der Waals surface area contributed by atoms with Crippen LogP contribution in [0.3, 0.4) is 0 Å². The number of rotatable bonds is 0. The first-order chi connectivity index (χ1) is 6.61. The largest absolute Gasteiger partial charge is 0.0776 e. The summed E-state index contributed by atoms with van der Waals surface area (Å²) in [6.45, 7) is 17.6. The minimum absolute atomic E-state index is 0. The SMILES string of the molecule is C.C.CC.CC.C[C@@H]1C[C@H](C)[C@H](C)C[C@@H]1C. The van der Waals surface area contributed by atoms with E-state index in [1.807, 2.05) is 27.7 Å². The van der Waals surface area contributed by atoms with Gasteiger partial charge < -0.3 is 0 Å². The van der Waals surface area contributed by atoms with Crippen molar-refractivity contribution in [2.24, 2.45) is 23.7 Å². The molecule has 0 saturated heterocycles. The highest BCUT2D eigenvalue weighted by Crippen LogP contribution is 2.36. The van der Waals surface area contributed by atoms with Crippen molar-refractivity contribution in [2.45, 2.75) is 83.1 Å². The van der Waals surface area contributed by atoms with Crippen molar-refractivity contribution in [1.29, 1.82) is 0 Å². The first kappa shape index (κ1) is 25.0. The van der Waals surface area contributed by atoms with Crippen LogP contribution >= 0.6 is 0 Å². The molecule has 0 unspecified atom stereocenters. The zero-order valence-corrected chi connectivity index (χ0v) is 11.7. The molecular formula is C16H40. The van der Waals surface area contributed by atoms with Crippen LogP contribution in [0.2, 0.25) is 0 Å². The molecule has 0 nitrogen and oxygen atoms in total. The molecular weight excluding hydrogens is 192 g/mol. The summed E-state index contributed by atoms with van der Waals surface area (Å²) in [5, 5.41) is 0. The second-order valence-electron chi connectivity index (χ2n) is 4.38. The molecule has 0 spiro atoms. The zero-order valence-electron chi connectivity index (χ0n) is 11.7. The smallest absolute Gasteiger partial charge is 0.0414 e. The number of hydrogen-bond donors (Lipinski definition) is 0. The Labute approximate surface area is 107 Å². The fourth-order valence-corrected chi connectivity index (χ4v) is 2.10. The maximum atomic E-state index is 2.40. The van der Waals surface area contributed by atoms with Crippen molar-refractivity contribution in [1.82, 2.24) is 0 Å². The third-order valence-electron chi connectivity index (χ3n) is 3.43. The fraction of sp³-hybridized carbons (Fsp3) is 1.00. The summed E-state index contributed by atoms with van der Waals surface area (Å²) in [6, 6.07) is 0. The molecule has 1 fully saturated rings. The highest BCUT2D eigenvalue weighted by molar-refractivity contribution is 4.77. The number of hydrogen-bond acceptors (Lipinski definition) is 0. The van der Waals surface area contributed by atoms with Crippen molar-refractivity contribution in [3.05, 3.63) is 0 Å². The molecule has 4 atom stereocenters. The predicted molar refractivity (Wildman–Crippen MR) is 82.0 cm³/mol. The Balaban J connectivity index is -0.000000109. The van der Waals surface area contributed by atoms with Gasteiger partial charge in [-0.1, -0.05) is 70.2 Å². The Morgan fingerprint density at radius 1 is 0.500 bits per heavy atom. The van der Waals surface area contributed by atoms with Crippen molar-refractivity contribution >= 4 is 0 Å². The van der Waals surface area contributed by atoms with Crippen LogP contribution in [0.15, 0.2) is 0 Å². The molecule has 1 aliphatic carbocycles. The molecule has 1 aliphatic rings. The molecule has 0 aromatic rings. The summed E-state index contributed by atoms with van der Waals surface area (Å²) in [5.41, 5.74) is 0. The molecule has 0 bridgehead atoms. The summed E-state index contributed by atoms with van der Waals surface area (Å²) in [6.07, 6.45) is 2.89. The minimum atomic E-state index is 0. The molecule has 1 rings (SSSR count). The highest BCUT2D eigenvalue weighted by Gasteiger charge is 2.26. The van der Waals surface area contributed by atoms with Gasteiger partial charge in [-0.05, 0) is 36.5 Å². The average Bonchev–Trinajstić information content (AvgIpc) is 2.21. The minimum Gasteiger partial charge on any atom is -0.0776 e. The van der Waals surface area contributed by atoms with Crippen molar-refractivity contribution < 1.29 is 0 Å². The Bertz CT molecular complexity index is 80.6. The van der Waals surface area contributed by atoms with E-state index in [4.69, 9.17) is 0 Å². The van der Waals surface area contributed by atoms with Crippen LogP contribution in [0.5, 0.6) is 0 Å². The standard InChI is InChI=1S/C10H20.2C2H6.2CH4/c1-7-5-9(3)10(4)6-8(7)2;2*1-2;;/h7-10H,5-6H2,1-4H3;2*1-2H3;2*1H4/t7-,8+,9+,10-;;;;. The predicted octanol–water partition coefficient (Wildman–Crippen LogP) is 6.65. The van der Waals surface area contributed by atoms with Gasteiger partial charge >= 0.3 is 0 Å². The maximum absolute atomic E-state index is 2.40. The van der Waals surface area contributed by atoms with Crippen molar-refractivity contribution in [3.8, 4) is 0 Å². The van der Waals surface area contributed by atoms with Gasteiger partial charge in [-0.3, -0.25) is 0 Å². The van der Waals surface area contributed by atoms with Crippen LogP contribution in [-0.4, -0.2) is 0 Å². The third kappa shape index (κ3) is 9.24. The lowest BCUT2D eigenvalue weighted by atomic mass is 9.71. The Kier molecular flexibility index (Phi) is 23.4. The van der Waals surface area contributed by atoms with E-state index in [0.29, 0.717) is 0 Å². The highest BCUT2D eigenvalue weighted by atomic mass is 14.3. The van der Waals surface area contributed by atoms with Crippen LogP contribution in [0.25, 0.3) is 0 Å². The van der Waals surface area contributed by atoms with E-state index in [2.05, 4.69) is 27.7 Å². The lowest BCUT2D eigenvalue weighted by Gasteiger charge is -2.35. The normalized spacial score (nSPS) is 31.5. The van der Waals surface area contributed by atoms with Gasteiger partial charge in [-0.25, -0.2) is 0 Å². The Morgan fingerprint density at radius 2 is 0.625 bits per heavy atom. The first-order valence-corrected chi connectivity index (χ1v) is 6.61. The van der Waals surface area contributed by atoms with Crippen LogP contribution in [-0.2, 0) is 0 Å². The Hall–Kier alpha value is 0. The molecule has 16 heavy (non-hydrogen) atoms. The van der Waals surface area contributed by atoms with E-state index in [9.17, 15) is 0 Å². The topological polar surface area (TPSA) is 0 Å². The van der Waals surface area contributed by atoms with Gasteiger partial charge in [0.1, 0.15) is 0 Å². The summed E-state index contributed by atoms with van der Waals surface area (Å²) in [7, 11) is 0. The molecule has 104 valence electrons. The monoisotopic (exact) mass is 232 g/mol. The van der Waals surface area contributed by atoms with Gasteiger partial charge in [0.2, 0.25) is 0 Å². The molecule has 0 aliphatic heterocycles. The first-order valence-electron chi connectivity index (χ1n) is 6.61. The van der Waals surface area contributed by atoms with Gasteiger partial charge in [-0.15, -0.1) is 0 Å². The Morgan fingerprint density at radius 3 is 0.750 bits per heavy atom. The molecule has 0 heterocycles. The van der Waals surface area contributed by atoms with Crippen molar-refractivity contribution in [3.63, 3.8) is 0 Å². The van der Waals surface area contributed by atoms with Gasteiger partial charge in [0.05, 0.1) is 0 Å². The maximum Gasteiger partial charge on any atom is -0.0414 e. The zero-order chi connectivity index (χ0) is 11.7. The van der Waals surface area contributed by atoms with E-state index >= 15 is 0 Å². The van der Waals surface area contributed by atoms with Crippen LogP contribution in [0.4, 0.5) is 0 Å². The molecule has 0 radical (unpaired) electrons. The second kappa shape index (κ2) is 15.0. The van der Waals surface area contributed by atoms with Crippen molar-refractivity contribution in [2.75, 3.05) is 0 Å². The third-order valence-corrected chi connectivity index (χ3v) is 3.43. The molecule has 1 saturated carbocycles. The summed E-state index contributed by atoms with van der Waals surface area (Å²) >= 11 is 0. The summed E-state index contributed by atoms with van der Waals surface area (Å²) in [5.74, 6) is 3.86. The summed E-state index contributed by atoms with van der Waals surface area (Å²) in [4.78, 5) is 0. The molecule has 0 heteroatoms. The quantitative estimate of drug-likeness (QED) is 0.438. The van der Waals surface area contributed by atoms with Gasteiger partial charge in [0, 0.05) is 0 Å². The van der Waals surface area contributed by atoms with Gasteiger partial charge in [0.15, 0.2) is 0 Å². The van der Waals surface area contributed by atoms with Crippen LogP contribution < -0.4 is 0 Å². The molecule has 0 aromatic carbocycles. The van der Waals surface area contributed by atoms with E-state index in [1.54, 1.807) is 0 Å². The average molecular weight is 232 g/mol. The van der Waals surface area contributed by atoms with E-state index in [-0.39, 0.29) is 14.9 Å². The van der Waals surface area contributed by atoms with E-state index in [0.717, 1.165) is 23.7 Å². The molecule has 0 amide bonds.